The Labute approximate surface area is 83.2 Å². The van der Waals surface area contributed by atoms with E-state index >= 15 is 0 Å². The second kappa shape index (κ2) is 2.72. The van der Waals surface area contributed by atoms with E-state index in [4.69, 9.17) is 10.5 Å². The number of ether oxygens (including phenoxy) is 1. The molecular weight excluding hydrogens is 176 g/mol. The molecular formula is C11H14N2O. The zero-order valence-electron chi connectivity index (χ0n) is 7.99. The molecule has 0 aliphatic carbocycles. The van der Waals surface area contributed by atoms with Gasteiger partial charge in [0.25, 0.3) is 0 Å². The molecule has 1 aromatic carbocycles. The minimum absolute atomic E-state index is 0.0201. The third-order valence-electron chi connectivity index (χ3n) is 3.13. The van der Waals surface area contributed by atoms with Gasteiger partial charge in [0.05, 0.1) is 0 Å². The molecule has 0 radical (unpaired) electrons. The minimum atomic E-state index is -0.0201. The molecule has 0 bridgehead atoms. The summed E-state index contributed by atoms with van der Waals surface area (Å²) < 4.78 is 5.98. The topological polar surface area (TPSA) is 47.3 Å². The van der Waals surface area contributed by atoms with E-state index in [1.807, 2.05) is 18.2 Å². The molecule has 3 nitrogen and oxygen atoms in total. The zero-order valence-corrected chi connectivity index (χ0v) is 7.99. The van der Waals surface area contributed by atoms with Gasteiger partial charge in [0.15, 0.2) is 0 Å². The Morgan fingerprint density at radius 3 is 2.86 bits per heavy atom. The molecule has 1 atom stereocenters. The molecule has 3 heteroatoms. The SMILES string of the molecule is N[C@H]1CC2(CNC2)Oc2ccccc21. The predicted octanol–water partition coefficient (Wildman–Crippen LogP) is 0.811. The summed E-state index contributed by atoms with van der Waals surface area (Å²) in [6.45, 7) is 1.85. The van der Waals surface area contributed by atoms with E-state index in [-0.39, 0.29) is 11.6 Å². The Kier molecular flexibility index (Phi) is 1.60. The third kappa shape index (κ3) is 1.06. The molecule has 0 aromatic heterocycles. The van der Waals surface area contributed by atoms with Crippen LogP contribution in [-0.2, 0) is 0 Å². The van der Waals surface area contributed by atoms with Crippen molar-refractivity contribution in [2.24, 2.45) is 5.73 Å². The number of nitrogens with two attached hydrogens (primary N) is 1. The minimum Gasteiger partial charge on any atom is -0.484 e. The van der Waals surface area contributed by atoms with Gasteiger partial charge in [-0.1, -0.05) is 18.2 Å². The highest BCUT2D eigenvalue weighted by Gasteiger charge is 2.44. The largest absolute Gasteiger partial charge is 0.484 e. The van der Waals surface area contributed by atoms with Crippen molar-refractivity contribution in [3.63, 3.8) is 0 Å². The quantitative estimate of drug-likeness (QED) is 0.636. The Morgan fingerprint density at radius 2 is 2.14 bits per heavy atom. The lowest BCUT2D eigenvalue weighted by molar-refractivity contribution is -0.0108. The molecule has 0 amide bonds. The van der Waals surface area contributed by atoms with Crippen LogP contribution in [0.15, 0.2) is 24.3 Å². The summed E-state index contributed by atoms with van der Waals surface area (Å²) in [5.41, 5.74) is 7.25. The summed E-state index contributed by atoms with van der Waals surface area (Å²) in [6.07, 6.45) is 0.928. The van der Waals surface area contributed by atoms with Gasteiger partial charge in [-0.25, -0.2) is 0 Å². The number of nitrogens with one attached hydrogen (secondary N) is 1. The zero-order chi connectivity index (χ0) is 9.60. The van der Waals surface area contributed by atoms with Crippen molar-refractivity contribution >= 4 is 0 Å². The van der Waals surface area contributed by atoms with Gasteiger partial charge >= 0.3 is 0 Å². The number of hydrogen-bond donors (Lipinski definition) is 2. The van der Waals surface area contributed by atoms with E-state index < -0.39 is 0 Å². The molecule has 1 spiro atoms. The van der Waals surface area contributed by atoms with Crippen LogP contribution < -0.4 is 15.8 Å². The maximum absolute atomic E-state index is 6.12. The summed E-state index contributed by atoms with van der Waals surface area (Å²) >= 11 is 0. The molecule has 0 unspecified atom stereocenters. The van der Waals surface area contributed by atoms with Gasteiger partial charge in [-0.2, -0.15) is 0 Å². The van der Waals surface area contributed by atoms with Crippen molar-refractivity contribution in [1.29, 1.82) is 0 Å². The lowest BCUT2D eigenvalue weighted by Gasteiger charge is -2.47. The van der Waals surface area contributed by atoms with E-state index in [9.17, 15) is 0 Å². The fraction of sp³-hybridized carbons (Fsp3) is 0.455. The van der Waals surface area contributed by atoms with Crippen molar-refractivity contribution in [3.8, 4) is 5.75 Å². The highest BCUT2D eigenvalue weighted by atomic mass is 16.5. The maximum atomic E-state index is 6.12. The first-order valence-corrected chi connectivity index (χ1v) is 5.03. The molecule has 2 aliphatic heterocycles. The molecule has 1 fully saturated rings. The number of fused-ring (bicyclic) bond motifs is 1. The predicted molar refractivity (Wildman–Crippen MR) is 54.2 cm³/mol. The van der Waals surface area contributed by atoms with E-state index in [0.717, 1.165) is 30.8 Å². The van der Waals surface area contributed by atoms with Crippen molar-refractivity contribution in [3.05, 3.63) is 29.8 Å². The van der Waals surface area contributed by atoms with Gasteiger partial charge < -0.3 is 15.8 Å². The van der Waals surface area contributed by atoms with Crippen LogP contribution in [0.4, 0.5) is 0 Å². The van der Waals surface area contributed by atoms with Crippen LogP contribution in [0.25, 0.3) is 0 Å². The summed E-state index contributed by atoms with van der Waals surface area (Å²) in [5.74, 6) is 0.966. The number of hydrogen-bond acceptors (Lipinski definition) is 3. The summed E-state index contributed by atoms with van der Waals surface area (Å²) in [7, 11) is 0. The highest BCUT2D eigenvalue weighted by molar-refractivity contribution is 5.39. The van der Waals surface area contributed by atoms with Crippen LogP contribution in [-0.4, -0.2) is 18.7 Å². The normalized spacial score (nSPS) is 27.6. The lowest BCUT2D eigenvalue weighted by atomic mass is 9.83. The van der Waals surface area contributed by atoms with Crippen LogP contribution in [0.5, 0.6) is 5.75 Å². The number of benzene rings is 1. The van der Waals surface area contributed by atoms with Crippen LogP contribution in [0.3, 0.4) is 0 Å². The molecule has 3 N–H and O–H groups in total. The van der Waals surface area contributed by atoms with Crippen molar-refractivity contribution in [2.45, 2.75) is 18.1 Å². The van der Waals surface area contributed by atoms with E-state index in [0.29, 0.717) is 0 Å². The fourth-order valence-corrected chi connectivity index (χ4v) is 2.29. The summed E-state index contributed by atoms with van der Waals surface area (Å²) in [6, 6.07) is 8.20. The Morgan fingerprint density at radius 1 is 1.36 bits per heavy atom. The number of para-hydroxylation sites is 1. The standard InChI is InChI=1S/C11H14N2O/c12-9-5-11(6-13-7-11)14-10-4-2-1-3-8(9)10/h1-4,9,13H,5-7,12H2/t9-/m0/s1. The highest BCUT2D eigenvalue weighted by Crippen LogP contribution is 2.39. The molecule has 1 saturated heterocycles. The van der Waals surface area contributed by atoms with E-state index in [1.165, 1.54) is 0 Å². The average Bonchev–Trinajstić information content (AvgIpc) is 2.15. The Balaban J connectivity index is 2.00. The van der Waals surface area contributed by atoms with Crippen molar-refractivity contribution in [1.82, 2.24) is 5.32 Å². The molecule has 2 heterocycles. The molecule has 74 valence electrons. The van der Waals surface area contributed by atoms with Crippen molar-refractivity contribution in [2.75, 3.05) is 13.1 Å². The van der Waals surface area contributed by atoms with E-state index in [2.05, 4.69) is 11.4 Å². The van der Waals surface area contributed by atoms with Crippen LogP contribution in [0, 0.1) is 0 Å². The summed E-state index contributed by atoms with van der Waals surface area (Å²) in [4.78, 5) is 0. The van der Waals surface area contributed by atoms with Gasteiger partial charge in [0, 0.05) is 31.1 Å². The first-order valence-electron chi connectivity index (χ1n) is 5.03. The second-order valence-corrected chi connectivity index (χ2v) is 4.24. The van der Waals surface area contributed by atoms with Gasteiger partial charge in [-0.05, 0) is 6.07 Å². The first-order chi connectivity index (χ1) is 6.79. The van der Waals surface area contributed by atoms with Gasteiger partial charge in [0.2, 0.25) is 0 Å². The molecule has 0 saturated carbocycles. The van der Waals surface area contributed by atoms with E-state index in [1.54, 1.807) is 0 Å². The summed E-state index contributed by atoms with van der Waals surface area (Å²) in [5, 5.41) is 3.24. The number of rotatable bonds is 0. The Bertz CT molecular complexity index is 360. The third-order valence-corrected chi connectivity index (χ3v) is 3.13. The van der Waals surface area contributed by atoms with Crippen LogP contribution in [0.2, 0.25) is 0 Å². The molecule has 14 heavy (non-hydrogen) atoms. The Hall–Kier alpha value is -1.06. The fourth-order valence-electron chi connectivity index (χ4n) is 2.29. The monoisotopic (exact) mass is 190 g/mol. The maximum Gasteiger partial charge on any atom is 0.135 e. The molecule has 2 aliphatic rings. The second-order valence-electron chi connectivity index (χ2n) is 4.24. The molecule has 1 aromatic rings. The van der Waals surface area contributed by atoms with Gasteiger partial charge in [-0.3, -0.25) is 0 Å². The first kappa shape index (κ1) is 8.26. The smallest absolute Gasteiger partial charge is 0.135 e. The lowest BCUT2D eigenvalue weighted by Crippen LogP contribution is -2.65. The van der Waals surface area contributed by atoms with Gasteiger partial charge in [0.1, 0.15) is 11.4 Å². The average molecular weight is 190 g/mol. The van der Waals surface area contributed by atoms with Gasteiger partial charge in [-0.15, -0.1) is 0 Å². The van der Waals surface area contributed by atoms with Crippen LogP contribution in [0.1, 0.15) is 18.0 Å². The molecule has 3 rings (SSSR count). The van der Waals surface area contributed by atoms with Crippen molar-refractivity contribution < 1.29 is 4.74 Å². The van der Waals surface area contributed by atoms with Crippen LogP contribution >= 0.6 is 0 Å².